The maximum absolute atomic E-state index is 12.1. The van der Waals surface area contributed by atoms with Gasteiger partial charge in [-0.05, 0) is 53.7 Å². The van der Waals surface area contributed by atoms with E-state index in [4.69, 9.17) is 11.6 Å². The van der Waals surface area contributed by atoms with Crippen LogP contribution in [0.5, 0.6) is 5.75 Å². The molecule has 2 aromatic rings. The summed E-state index contributed by atoms with van der Waals surface area (Å²) in [5.74, 6) is -1.50. The molecule has 136 valence electrons. The molecule has 1 heterocycles. The first kappa shape index (κ1) is 18.6. The number of rotatable bonds is 3. The zero-order chi connectivity index (χ0) is 19.6. The fourth-order valence-electron chi connectivity index (χ4n) is 2.16. The van der Waals surface area contributed by atoms with Crippen LogP contribution in [0.1, 0.15) is 15.9 Å². The minimum Gasteiger partial charge on any atom is -0.502 e. The first-order valence-electron chi connectivity index (χ1n) is 7.40. The average molecular weight is 404 g/mol. The molecule has 0 unspecified atom stereocenters. The molecule has 1 aliphatic heterocycles. The summed E-state index contributed by atoms with van der Waals surface area (Å²) in [6.07, 6.45) is 1.40. The molecule has 0 saturated carbocycles. The van der Waals surface area contributed by atoms with Gasteiger partial charge in [-0.15, -0.1) is 0 Å². The Balaban J connectivity index is 1.82. The molecule has 2 aromatic carbocycles. The quantitative estimate of drug-likeness (QED) is 0.460. The predicted molar refractivity (Wildman–Crippen MR) is 102 cm³/mol. The van der Waals surface area contributed by atoms with Gasteiger partial charge in [0.15, 0.2) is 10.9 Å². The summed E-state index contributed by atoms with van der Waals surface area (Å²) in [4.78, 5) is 38.4. The van der Waals surface area contributed by atoms with Gasteiger partial charge in [-0.3, -0.25) is 19.7 Å². The maximum Gasteiger partial charge on any atom is 0.311 e. The van der Waals surface area contributed by atoms with E-state index in [-0.39, 0.29) is 10.1 Å². The highest BCUT2D eigenvalue weighted by Crippen LogP contribution is 2.30. The molecule has 2 N–H and O–H groups in total. The first-order chi connectivity index (χ1) is 12.8. The van der Waals surface area contributed by atoms with Crippen molar-refractivity contribution in [2.75, 3.05) is 0 Å². The topological polar surface area (TPSA) is 122 Å². The summed E-state index contributed by atoms with van der Waals surface area (Å²) in [5, 5.41) is 23.4. The van der Waals surface area contributed by atoms with E-state index < -0.39 is 28.2 Å². The van der Waals surface area contributed by atoms with Crippen molar-refractivity contribution in [3.63, 3.8) is 0 Å². The number of nitrogens with one attached hydrogen (secondary N) is 1. The Morgan fingerprint density at radius 1 is 1.26 bits per heavy atom. The smallest absolute Gasteiger partial charge is 0.311 e. The van der Waals surface area contributed by atoms with Gasteiger partial charge in [0, 0.05) is 16.7 Å². The Labute approximate surface area is 161 Å². The van der Waals surface area contributed by atoms with Gasteiger partial charge in [0.05, 0.1) is 9.83 Å². The van der Waals surface area contributed by atoms with Gasteiger partial charge in [0.1, 0.15) is 0 Å². The molecule has 0 aromatic heterocycles. The molecule has 3 rings (SSSR count). The molecule has 0 atom stereocenters. The highest BCUT2D eigenvalue weighted by Gasteiger charge is 2.25. The number of benzene rings is 2. The Hall–Kier alpha value is -3.17. The van der Waals surface area contributed by atoms with Crippen molar-refractivity contribution in [1.82, 2.24) is 5.32 Å². The molecule has 8 nitrogen and oxygen atoms in total. The molecule has 0 aliphatic carbocycles. The number of thioether (sulfide) groups is 1. The van der Waals surface area contributed by atoms with E-state index in [1.54, 1.807) is 12.1 Å². The van der Waals surface area contributed by atoms with Crippen molar-refractivity contribution in [3.8, 4) is 5.75 Å². The summed E-state index contributed by atoms with van der Waals surface area (Å²) in [6.45, 7) is 0. The second kappa shape index (κ2) is 7.60. The van der Waals surface area contributed by atoms with E-state index in [0.29, 0.717) is 16.1 Å². The van der Waals surface area contributed by atoms with Crippen LogP contribution >= 0.6 is 23.4 Å². The maximum atomic E-state index is 12.1. The average Bonchev–Trinajstić information content (AvgIpc) is 2.96. The van der Waals surface area contributed by atoms with E-state index in [9.17, 15) is 24.8 Å². The van der Waals surface area contributed by atoms with Gasteiger partial charge < -0.3 is 10.4 Å². The molecule has 2 amide bonds. The number of carbonyl (C=O) groups is 2. The number of phenolic OH excluding ortho intramolecular Hbond substituents is 1. The lowest BCUT2D eigenvalue weighted by Crippen LogP contribution is -2.20. The van der Waals surface area contributed by atoms with Crippen LogP contribution in [0, 0.1) is 10.1 Å². The number of aromatic hydroxyl groups is 1. The van der Waals surface area contributed by atoms with Gasteiger partial charge in [-0.1, -0.05) is 17.7 Å². The molecule has 1 saturated heterocycles. The number of nitro groups is 1. The molecule has 27 heavy (non-hydrogen) atoms. The van der Waals surface area contributed by atoms with E-state index in [0.717, 1.165) is 17.8 Å². The molecule has 0 spiro atoms. The molecule has 10 heteroatoms. The summed E-state index contributed by atoms with van der Waals surface area (Å²) < 4.78 is 0. The zero-order valence-electron chi connectivity index (χ0n) is 13.4. The summed E-state index contributed by atoms with van der Waals surface area (Å²) >= 11 is 6.70. The highest BCUT2D eigenvalue weighted by molar-refractivity contribution is 8.18. The molecular weight excluding hydrogens is 394 g/mol. The second-order valence-electron chi connectivity index (χ2n) is 5.30. The van der Waals surface area contributed by atoms with Gasteiger partial charge in [-0.25, -0.2) is 0 Å². The second-order valence-corrected chi connectivity index (χ2v) is 6.77. The fourth-order valence-corrected chi connectivity index (χ4v) is 3.10. The van der Waals surface area contributed by atoms with Gasteiger partial charge in [-0.2, -0.15) is 4.99 Å². The number of aliphatic imine (C=N–C) groups is 1. The zero-order valence-corrected chi connectivity index (χ0v) is 15.0. The van der Waals surface area contributed by atoms with Gasteiger partial charge >= 0.3 is 5.69 Å². The molecule has 0 radical (unpaired) electrons. The number of hydrogen-bond acceptors (Lipinski definition) is 6. The predicted octanol–water partition coefficient (Wildman–Crippen LogP) is 3.35. The van der Waals surface area contributed by atoms with Crippen molar-refractivity contribution >= 4 is 52.1 Å². The lowest BCUT2D eigenvalue weighted by Gasteiger charge is -1.98. The number of amides is 2. The number of nitrogens with zero attached hydrogens (tertiary/aromatic N) is 2. The SMILES string of the molecule is O=C1NC(=NC(=O)c2ccc(Cl)cc2)S/C1=C\c1ccc(O)c([N+](=O)[O-])c1. The van der Waals surface area contributed by atoms with Crippen LogP contribution in [0.15, 0.2) is 52.4 Å². The molecule has 1 aliphatic rings. The number of phenols is 1. The van der Waals surface area contributed by atoms with Crippen LogP contribution in [-0.4, -0.2) is 27.0 Å². The molecule has 1 fully saturated rings. The number of amidine groups is 1. The van der Waals surface area contributed by atoms with Gasteiger partial charge in [0.2, 0.25) is 0 Å². The van der Waals surface area contributed by atoms with Gasteiger partial charge in [0.25, 0.3) is 11.8 Å². The van der Waals surface area contributed by atoms with Crippen LogP contribution in [0.2, 0.25) is 5.02 Å². The van der Waals surface area contributed by atoms with Crippen LogP contribution in [-0.2, 0) is 4.79 Å². The van der Waals surface area contributed by atoms with Crippen molar-refractivity contribution in [2.24, 2.45) is 4.99 Å². The minimum absolute atomic E-state index is 0.0967. The van der Waals surface area contributed by atoms with E-state index in [2.05, 4.69) is 10.3 Å². The number of nitro benzene ring substituents is 1. The summed E-state index contributed by atoms with van der Waals surface area (Å²) in [7, 11) is 0. The Kier molecular flexibility index (Phi) is 5.24. The van der Waals surface area contributed by atoms with Crippen LogP contribution < -0.4 is 5.32 Å². The summed E-state index contributed by atoms with van der Waals surface area (Å²) in [5.41, 5.74) is 0.190. The van der Waals surface area contributed by atoms with E-state index >= 15 is 0 Å². The van der Waals surface area contributed by atoms with E-state index in [1.807, 2.05) is 0 Å². The Bertz CT molecular complexity index is 1020. The third-order valence-electron chi connectivity index (χ3n) is 3.44. The van der Waals surface area contributed by atoms with Crippen molar-refractivity contribution in [2.45, 2.75) is 0 Å². The first-order valence-corrected chi connectivity index (χ1v) is 8.60. The number of hydrogen-bond donors (Lipinski definition) is 2. The minimum atomic E-state index is -0.725. The van der Waals surface area contributed by atoms with E-state index in [1.165, 1.54) is 30.3 Å². The largest absolute Gasteiger partial charge is 0.502 e. The number of halogens is 1. The van der Waals surface area contributed by atoms with Crippen molar-refractivity contribution < 1.29 is 19.6 Å². The third-order valence-corrected chi connectivity index (χ3v) is 4.60. The summed E-state index contributed by atoms with van der Waals surface area (Å²) in [6, 6.07) is 9.88. The molecule has 0 bridgehead atoms. The van der Waals surface area contributed by atoms with Crippen molar-refractivity contribution in [1.29, 1.82) is 0 Å². The fraction of sp³-hybridized carbons (Fsp3) is 0. The Morgan fingerprint density at radius 2 is 1.96 bits per heavy atom. The normalized spacial score (nSPS) is 16.6. The third kappa shape index (κ3) is 4.33. The standard InChI is InChI=1S/C17H10ClN3O5S/c18-11-4-2-10(3-5-11)15(23)19-17-20-16(24)14(27-17)8-9-1-6-13(22)12(7-9)21(25)26/h1-8,22H,(H,19,20,23,24)/b14-8-. The van der Waals surface area contributed by atoms with Crippen LogP contribution in [0.3, 0.4) is 0 Å². The lowest BCUT2D eigenvalue weighted by molar-refractivity contribution is -0.385. The Morgan fingerprint density at radius 3 is 2.63 bits per heavy atom. The van der Waals surface area contributed by atoms with Crippen LogP contribution in [0.4, 0.5) is 5.69 Å². The number of carbonyl (C=O) groups excluding carboxylic acids is 2. The van der Waals surface area contributed by atoms with Crippen molar-refractivity contribution in [3.05, 3.63) is 73.6 Å². The van der Waals surface area contributed by atoms with Crippen LogP contribution in [0.25, 0.3) is 6.08 Å². The lowest BCUT2D eigenvalue weighted by atomic mass is 10.1. The monoisotopic (exact) mass is 403 g/mol. The molecular formula is C17H10ClN3O5S. The highest BCUT2D eigenvalue weighted by atomic mass is 35.5.